The van der Waals surface area contributed by atoms with Crippen molar-refractivity contribution >= 4 is 28.1 Å². The molecule has 3 N–H and O–H groups in total. The van der Waals surface area contributed by atoms with Gasteiger partial charge >= 0.3 is 0 Å². The standard InChI is InChI=1S/C13H19N3O4S.ClH/c14-9-13(10-3-1-2-4-10)15-21(19,20)12-7-5-11(6-8-12)16(17)18;/h5-8,10,13,15H,1-4,9,14H2;1H. The number of nitro benzene ring substituents is 1. The molecule has 1 unspecified atom stereocenters. The SMILES string of the molecule is Cl.NCC(NS(=O)(=O)c1ccc([N+](=O)[O-])cc1)C1CCCC1. The van der Waals surface area contributed by atoms with E-state index in [1.54, 1.807) is 0 Å². The molecule has 1 aromatic carbocycles. The zero-order chi connectivity index (χ0) is 15.5. The van der Waals surface area contributed by atoms with E-state index in [0.717, 1.165) is 25.7 Å². The first kappa shape index (κ1) is 18.8. The van der Waals surface area contributed by atoms with Crippen LogP contribution in [0.2, 0.25) is 0 Å². The molecule has 7 nitrogen and oxygen atoms in total. The highest BCUT2D eigenvalue weighted by Crippen LogP contribution is 2.28. The molecule has 2 rings (SSSR count). The Balaban J connectivity index is 0.00000242. The van der Waals surface area contributed by atoms with Gasteiger partial charge < -0.3 is 5.73 Å². The molecule has 0 heterocycles. The monoisotopic (exact) mass is 349 g/mol. The molecular weight excluding hydrogens is 330 g/mol. The summed E-state index contributed by atoms with van der Waals surface area (Å²) in [5.41, 5.74) is 5.55. The van der Waals surface area contributed by atoms with Crippen molar-refractivity contribution in [2.75, 3.05) is 6.54 Å². The zero-order valence-corrected chi connectivity index (χ0v) is 13.6. The second-order valence-corrected chi connectivity index (χ2v) is 6.97. The molecule has 1 aliphatic carbocycles. The number of nitro groups is 1. The molecule has 1 fully saturated rings. The highest BCUT2D eigenvalue weighted by molar-refractivity contribution is 7.89. The summed E-state index contributed by atoms with van der Waals surface area (Å²) in [7, 11) is -3.70. The number of nitrogens with one attached hydrogen (secondary N) is 1. The Morgan fingerprint density at radius 2 is 1.82 bits per heavy atom. The minimum Gasteiger partial charge on any atom is -0.329 e. The van der Waals surface area contributed by atoms with E-state index in [1.807, 2.05) is 0 Å². The molecule has 0 radical (unpaired) electrons. The summed E-state index contributed by atoms with van der Waals surface area (Å²) in [6.45, 7) is 0.247. The third-order valence-corrected chi connectivity index (χ3v) is 5.39. The van der Waals surface area contributed by atoms with Crippen LogP contribution in [0.25, 0.3) is 0 Å². The number of hydrogen-bond acceptors (Lipinski definition) is 5. The van der Waals surface area contributed by atoms with Crippen LogP contribution in [0.1, 0.15) is 25.7 Å². The van der Waals surface area contributed by atoms with Gasteiger partial charge in [-0.05, 0) is 30.9 Å². The van der Waals surface area contributed by atoms with Crippen molar-refractivity contribution < 1.29 is 13.3 Å². The second kappa shape index (κ2) is 7.87. The van der Waals surface area contributed by atoms with Gasteiger partial charge in [-0.3, -0.25) is 10.1 Å². The van der Waals surface area contributed by atoms with E-state index in [9.17, 15) is 18.5 Å². The minimum absolute atomic E-state index is 0. The first-order valence-corrected chi connectivity index (χ1v) is 8.39. The van der Waals surface area contributed by atoms with Crippen LogP contribution in [0.5, 0.6) is 0 Å². The molecule has 0 saturated heterocycles. The number of hydrogen-bond donors (Lipinski definition) is 2. The van der Waals surface area contributed by atoms with Gasteiger partial charge in [0.05, 0.1) is 9.82 Å². The fraction of sp³-hybridized carbons (Fsp3) is 0.538. The molecule has 0 aromatic heterocycles. The Kier molecular flexibility index (Phi) is 6.73. The molecule has 0 aliphatic heterocycles. The smallest absolute Gasteiger partial charge is 0.269 e. The summed E-state index contributed by atoms with van der Waals surface area (Å²) in [5, 5.41) is 10.6. The third kappa shape index (κ3) is 4.39. The van der Waals surface area contributed by atoms with Crippen molar-refractivity contribution in [3.63, 3.8) is 0 Å². The van der Waals surface area contributed by atoms with Gasteiger partial charge in [0, 0.05) is 24.7 Å². The number of rotatable bonds is 6. The highest BCUT2D eigenvalue weighted by atomic mass is 35.5. The minimum atomic E-state index is -3.70. The van der Waals surface area contributed by atoms with E-state index in [1.165, 1.54) is 24.3 Å². The normalized spacial score (nSPS) is 17.0. The van der Waals surface area contributed by atoms with E-state index in [-0.39, 0.29) is 41.5 Å². The Morgan fingerprint density at radius 1 is 1.27 bits per heavy atom. The molecule has 124 valence electrons. The average Bonchev–Trinajstić information content (AvgIpc) is 2.99. The lowest BCUT2D eigenvalue weighted by atomic mass is 9.99. The second-order valence-electron chi connectivity index (χ2n) is 5.26. The maximum atomic E-state index is 12.3. The summed E-state index contributed by atoms with van der Waals surface area (Å²) in [5.74, 6) is 0.267. The van der Waals surface area contributed by atoms with Gasteiger partial charge in [0.25, 0.3) is 5.69 Å². The molecule has 1 aliphatic rings. The maximum Gasteiger partial charge on any atom is 0.269 e. The first-order chi connectivity index (χ1) is 9.94. The zero-order valence-electron chi connectivity index (χ0n) is 12.0. The van der Waals surface area contributed by atoms with Crippen LogP contribution in [-0.2, 0) is 10.0 Å². The van der Waals surface area contributed by atoms with Gasteiger partial charge in [-0.1, -0.05) is 12.8 Å². The molecule has 1 saturated carbocycles. The molecule has 1 aromatic rings. The third-order valence-electron chi connectivity index (χ3n) is 3.89. The Hall–Kier alpha value is -1.22. The Labute approximate surface area is 135 Å². The molecular formula is C13H20ClN3O4S. The van der Waals surface area contributed by atoms with E-state index in [2.05, 4.69) is 4.72 Å². The largest absolute Gasteiger partial charge is 0.329 e. The number of benzene rings is 1. The van der Waals surface area contributed by atoms with E-state index in [4.69, 9.17) is 5.73 Å². The number of nitrogens with zero attached hydrogens (tertiary/aromatic N) is 1. The van der Waals surface area contributed by atoms with Gasteiger partial charge in [-0.2, -0.15) is 0 Å². The van der Waals surface area contributed by atoms with Gasteiger partial charge in [0.2, 0.25) is 10.0 Å². The summed E-state index contributed by atoms with van der Waals surface area (Å²) in [6, 6.07) is 4.56. The number of halogens is 1. The van der Waals surface area contributed by atoms with Crippen LogP contribution in [-0.4, -0.2) is 25.9 Å². The van der Waals surface area contributed by atoms with Crippen LogP contribution in [0.3, 0.4) is 0 Å². The lowest BCUT2D eigenvalue weighted by Crippen LogP contribution is -2.44. The van der Waals surface area contributed by atoms with E-state index >= 15 is 0 Å². The predicted molar refractivity (Wildman–Crippen MR) is 85.5 cm³/mol. The van der Waals surface area contributed by atoms with Crippen molar-refractivity contribution in [3.05, 3.63) is 34.4 Å². The predicted octanol–water partition coefficient (Wildman–Crippen LogP) is 1.81. The van der Waals surface area contributed by atoms with Crippen LogP contribution in [0.4, 0.5) is 5.69 Å². The topological polar surface area (TPSA) is 115 Å². The maximum absolute atomic E-state index is 12.3. The number of sulfonamides is 1. The average molecular weight is 350 g/mol. The number of nitrogens with two attached hydrogens (primary N) is 1. The van der Waals surface area contributed by atoms with Crippen molar-refractivity contribution in [3.8, 4) is 0 Å². The van der Waals surface area contributed by atoms with Crippen LogP contribution < -0.4 is 10.5 Å². The van der Waals surface area contributed by atoms with Crippen molar-refractivity contribution in [2.45, 2.75) is 36.6 Å². The number of non-ortho nitro benzene ring substituents is 1. The molecule has 0 amide bonds. The van der Waals surface area contributed by atoms with E-state index in [0.29, 0.717) is 0 Å². The van der Waals surface area contributed by atoms with Crippen molar-refractivity contribution in [1.82, 2.24) is 4.72 Å². The van der Waals surface area contributed by atoms with Gasteiger partial charge in [-0.25, -0.2) is 13.1 Å². The van der Waals surface area contributed by atoms with Crippen LogP contribution in [0, 0.1) is 16.0 Å². The summed E-state index contributed by atoms with van der Waals surface area (Å²) in [4.78, 5) is 10.0. The molecule has 9 heteroatoms. The van der Waals surface area contributed by atoms with Crippen LogP contribution >= 0.6 is 12.4 Å². The van der Waals surface area contributed by atoms with Crippen molar-refractivity contribution in [2.24, 2.45) is 11.7 Å². The fourth-order valence-electron chi connectivity index (χ4n) is 2.71. The Morgan fingerprint density at radius 3 is 2.27 bits per heavy atom. The van der Waals surface area contributed by atoms with Crippen molar-refractivity contribution in [1.29, 1.82) is 0 Å². The summed E-state index contributed by atoms with van der Waals surface area (Å²) < 4.78 is 27.2. The lowest BCUT2D eigenvalue weighted by molar-refractivity contribution is -0.384. The summed E-state index contributed by atoms with van der Waals surface area (Å²) >= 11 is 0. The highest BCUT2D eigenvalue weighted by Gasteiger charge is 2.28. The molecule has 0 bridgehead atoms. The van der Waals surface area contributed by atoms with Crippen LogP contribution in [0.15, 0.2) is 29.2 Å². The molecule has 22 heavy (non-hydrogen) atoms. The Bertz CT molecular complexity index is 600. The first-order valence-electron chi connectivity index (χ1n) is 6.91. The quantitative estimate of drug-likeness (QED) is 0.600. The molecule has 1 atom stereocenters. The van der Waals surface area contributed by atoms with E-state index < -0.39 is 14.9 Å². The summed E-state index contributed by atoms with van der Waals surface area (Å²) in [6.07, 6.45) is 4.15. The van der Waals surface area contributed by atoms with Gasteiger partial charge in [-0.15, -0.1) is 12.4 Å². The van der Waals surface area contributed by atoms with Gasteiger partial charge in [0.1, 0.15) is 0 Å². The lowest BCUT2D eigenvalue weighted by Gasteiger charge is -2.22. The fourth-order valence-corrected chi connectivity index (χ4v) is 4.03. The van der Waals surface area contributed by atoms with Gasteiger partial charge in [0.15, 0.2) is 0 Å². The molecule has 0 spiro atoms.